The number of nitrogens with zero attached hydrogens (tertiary/aromatic N) is 1. The summed E-state index contributed by atoms with van der Waals surface area (Å²) in [5.41, 5.74) is 1.17. The number of nitrogens with one attached hydrogen (secondary N) is 1. The first-order valence-corrected chi connectivity index (χ1v) is 9.68. The molecule has 0 aliphatic heterocycles. The summed E-state index contributed by atoms with van der Waals surface area (Å²) in [6.45, 7) is 8.55. The zero-order chi connectivity index (χ0) is 15.2. The monoisotopic (exact) mass is 384 g/mol. The molecular weight excluding hydrogens is 364 g/mol. The van der Waals surface area contributed by atoms with Crippen LogP contribution in [0.3, 0.4) is 0 Å². The fraction of sp³-hybridized carbons (Fsp3) is 0.438. The van der Waals surface area contributed by atoms with Crippen LogP contribution in [0.4, 0.5) is 0 Å². The van der Waals surface area contributed by atoms with Crippen molar-refractivity contribution in [1.82, 2.24) is 10.3 Å². The zero-order valence-corrected chi connectivity index (χ0v) is 15.9. The Morgan fingerprint density at radius 2 is 2.19 bits per heavy atom. The van der Waals surface area contributed by atoms with Gasteiger partial charge in [-0.3, -0.25) is 0 Å². The normalized spacial score (nSPS) is 11.3. The first kappa shape index (κ1) is 17.0. The number of benzene rings is 1. The van der Waals surface area contributed by atoms with Crippen LogP contribution in [0.1, 0.15) is 29.4 Å². The van der Waals surface area contributed by atoms with Gasteiger partial charge < -0.3 is 5.32 Å². The molecule has 0 bridgehead atoms. The van der Waals surface area contributed by atoms with Crippen LogP contribution in [0.25, 0.3) is 0 Å². The van der Waals surface area contributed by atoms with E-state index in [1.807, 2.05) is 23.1 Å². The molecule has 1 aromatic carbocycles. The lowest BCUT2D eigenvalue weighted by Crippen LogP contribution is -2.18. The molecule has 0 aliphatic rings. The first-order valence-electron chi connectivity index (χ1n) is 7.09. The Kier molecular flexibility index (Phi) is 6.74. The van der Waals surface area contributed by atoms with Gasteiger partial charge in [-0.25, -0.2) is 4.98 Å². The van der Waals surface area contributed by atoms with Gasteiger partial charge in [0.1, 0.15) is 5.01 Å². The minimum atomic E-state index is 0.685. The average Bonchev–Trinajstić information content (AvgIpc) is 2.77. The summed E-state index contributed by atoms with van der Waals surface area (Å²) >= 11 is 7.17. The SMILES string of the molecule is Cc1nc(CSc2cccc(Br)c2)sc1CNCC(C)C. The van der Waals surface area contributed by atoms with Crippen molar-refractivity contribution in [3.05, 3.63) is 44.3 Å². The zero-order valence-electron chi connectivity index (χ0n) is 12.6. The van der Waals surface area contributed by atoms with Gasteiger partial charge in [0, 0.05) is 20.8 Å². The smallest absolute Gasteiger partial charge is 0.103 e. The molecule has 5 heteroatoms. The first-order chi connectivity index (χ1) is 10.0. The Bertz CT molecular complexity index is 581. The summed E-state index contributed by atoms with van der Waals surface area (Å²) in [5, 5.41) is 4.70. The highest BCUT2D eigenvalue weighted by Crippen LogP contribution is 2.28. The lowest BCUT2D eigenvalue weighted by molar-refractivity contribution is 0.554. The highest BCUT2D eigenvalue weighted by Gasteiger charge is 2.08. The highest BCUT2D eigenvalue weighted by molar-refractivity contribution is 9.10. The summed E-state index contributed by atoms with van der Waals surface area (Å²) in [4.78, 5) is 7.33. The third-order valence-corrected chi connectivity index (χ3v) is 5.77. The van der Waals surface area contributed by atoms with Crippen molar-refractivity contribution >= 4 is 39.0 Å². The van der Waals surface area contributed by atoms with Gasteiger partial charge in [-0.1, -0.05) is 35.8 Å². The summed E-state index contributed by atoms with van der Waals surface area (Å²) < 4.78 is 1.13. The fourth-order valence-corrected chi connectivity index (χ4v) is 4.43. The van der Waals surface area contributed by atoms with Crippen molar-refractivity contribution in [2.24, 2.45) is 5.92 Å². The number of aromatic nitrogens is 1. The Balaban J connectivity index is 1.89. The predicted octanol–water partition coefficient (Wildman–Crippen LogP) is 5.25. The van der Waals surface area contributed by atoms with E-state index in [-0.39, 0.29) is 0 Å². The molecule has 2 nitrogen and oxygen atoms in total. The van der Waals surface area contributed by atoms with Gasteiger partial charge in [-0.2, -0.15) is 0 Å². The maximum Gasteiger partial charge on any atom is 0.103 e. The van der Waals surface area contributed by atoms with Crippen molar-refractivity contribution < 1.29 is 0 Å². The molecule has 1 N–H and O–H groups in total. The molecule has 0 fully saturated rings. The van der Waals surface area contributed by atoms with Crippen molar-refractivity contribution in [2.75, 3.05) is 6.54 Å². The standard InChI is InChI=1S/C16H21BrN2S2/c1-11(2)8-18-9-15-12(3)19-16(21-15)10-20-14-6-4-5-13(17)7-14/h4-7,11,18H,8-10H2,1-3H3. The molecule has 2 rings (SSSR count). The minimum Gasteiger partial charge on any atom is -0.312 e. The van der Waals surface area contributed by atoms with Gasteiger partial charge in [0.15, 0.2) is 0 Å². The van der Waals surface area contributed by atoms with Gasteiger partial charge in [0.2, 0.25) is 0 Å². The molecular formula is C16H21BrN2S2. The number of halogens is 1. The topological polar surface area (TPSA) is 24.9 Å². The van der Waals surface area contributed by atoms with E-state index in [4.69, 9.17) is 4.98 Å². The van der Waals surface area contributed by atoms with E-state index < -0.39 is 0 Å². The molecule has 114 valence electrons. The van der Waals surface area contributed by atoms with Crippen LogP contribution in [0.2, 0.25) is 0 Å². The Morgan fingerprint density at radius 1 is 1.38 bits per heavy atom. The quantitative estimate of drug-likeness (QED) is 0.659. The van der Waals surface area contributed by atoms with Crippen molar-refractivity contribution in [3.63, 3.8) is 0 Å². The van der Waals surface area contributed by atoms with Crippen LogP contribution < -0.4 is 5.32 Å². The molecule has 1 heterocycles. The van der Waals surface area contributed by atoms with Gasteiger partial charge in [0.25, 0.3) is 0 Å². The molecule has 0 saturated heterocycles. The molecule has 2 aromatic rings. The van der Waals surface area contributed by atoms with Crippen LogP contribution in [-0.4, -0.2) is 11.5 Å². The third-order valence-electron chi connectivity index (χ3n) is 2.93. The molecule has 1 aromatic heterocycles. The molecule has 0 atom stereocenters. The van der Waals surface area contributed by atoms with E-state index >= 15 is 0 Å². The predicted molar refractivity (Wildman–Crippen MR) is 97.1 cm³/mol. The lowest BCUT2D eigenvalue weighted by atomic mass is 10.2. The summed E-state index contributed by atoms with van der Waals surface area (Å²) in [5.74, 6) is 1.62. The second-order valence-corrected chi connectivity index (χ2v) is 8.52. The van der Waals surface area contributed by atoms with E-state index in [1.165, 1.54) is 20.5 Å². The van der Waals surface area contributed by atoms with Gasteiger partial charge in [-0.15, -0.1) is 23.1 Å². The van der Waals surface area contributed by atoms with Crippen LogP contribution in [-0.2, 0) is 12.3 Å². The number of hydrogen-bond donors (Lipinski definition) is 1. The van der Waals surface area contributed by atoms with Crippen LogP contribution >= 0.6 is 39.0 Å². The van der Waals surface area contributed by atoms with Crippen LogP contribution in [0, 0.1) is 12.8 Å². The summed E-state index contributed by atoms with van der Waals surface area (Å²) in [6.07, 6.45) is 0. The number of aryl methyl sites for hydroxylation is 1. The van der Waals surface area contributed by atoms with Gasteiger partial charge in [0.05, 0.1) is 11.4 Å². The maximum atomic E-state index is 4.69. The van der Waals surface area contributed by atoms with Crippen molar-refractivity contribution in [1.29, 1.82) is 0 Å². The number of thioether (sulfide) groups is 1. The van der Waals surface area contributed by atoms with E-state index in [1.54, 1.807) is 0 Å². The third kappa shape index (κ3) is 5.74. The van der Waals surface area contributed by atoms with Crippen LogP contribution in [0.5, 0.6) is 0 Å². The maximum absolute atomic E-state index is 4.69. The average molecular weight is 385 g/mol. The molecule has 0 radical (unpaired) electrons. The number of rotatable bonds is 7. The minimum absolute atomic E-state index is 0.685. The molecule has 0 aliphatic carbocycles. The van der Waals surface area contributed by atoms with Gasteiger partial charge in [-0.05, 0) is 37.6 Å². The molecule has 0 amide bonds. The number of thiazole rings is 1. The summed E-state index contributed by atoms with van der Waals surface area (Å²) in [7, 11) is 0. The molecule has 0 spiro atoms. The van der Waals surface area contributed by atoms with E-state index in [0.29, 0.717) is 5.92 Å². The molecule has 0 saturated carbocycles. The Morgan fingerprint density at radius 3 is 2.90 bits per heavy atom. The highest BCUT2D eigenvalue weighted by atomic mass is 79.9. The number of hydrogen-bond acceptors (Lipinski definition) is 4. The van der Waals surface area contributed by atoms with Gasteiger partial charge >= 0.3 is 0 Å². The fourth-order valence-electron chi connectivity index (χ4n) is 1.89. The Hall–Kier alpha value is -0.360. The van der Waals surface area contributed by atoms with E-state index in [2.05, 4.69) is 66.3 Å². The molecule has 0 unspecified atom stereocenters. The second kappa shape index (κ2) is 8.32. The van der Waals surface area contributed by atoms with Crippen molar-refractivity contribution in [2.45, 2.75) is 38.0 Å². The van der Waals surface area contributed by atoms with E-state index in [9.17, 15) is 0 Å². The second-order valence-electron chi connectivity index (χ2n) is 5.39. The Labute approximate surface area is 143 Å². The largest absolute Gasteiger partial charge is 0.312 e. The molecule has 21 heavy (non-hydrogen) atoms. The van der Waals surface area contributed by atoms with Crippen LogP contribution in [0.15, 0.2) is 33.6 Å². The lowest BCUT2D eigenvalue weighted by Gasteiger charge is -2.05. The van der Waals surface area contributed by atoms with Crippen molar-refractivity contribution in [3.8, 4) is 0 Å². The van der Waals surface area contributed by atoms with E-state index in [0.717, 1.165) is 23.3 Å². The summed E-state index contributed by atoms with van der Waals surface area (Å²) in [6, 6.07) is 8.41.